The quantitative estimate of drug-likeness (QED) is 0.175. The van der Waals surface area contributed by atoms with Gasteiger partial charge in [0.05, 0.1) is 18.6 Å². The van der Waals surface area contributed by atoms with Crippen molar-refractivity contribution in [3.05, 3.63) is 52.2 Å². The molecule has 170 valence electrons. The molecule has 32 heavy (non-hydrogen) atoms. The van der Waals surface area contributed by atoms with Crippen molar-refractivity contribution in [1.82, 2.24) is 10.2 Å². The van der Waals surface area contributed by atoms with E-state index in [2.05, 4.69) is 5.32 Å². The van der Waals surface area contributed by atoms with Crippen LogP contribution in [0.25, 0.3) is 0 Å². The van der Waals surface area contributed by atoms with Crippen molar-refractivity contribution in [1.29, 1.82) is 5.41 Å². The molecule has 10 heteroatoms. The van der Waals surface area contributed by atoms with Crippen LogP contribution in [0.1, 0.15) is 36.1 Å². The average Bonchev–Trinajstić information content (AvgIpc) is 3.30. The second-order valence-corrected chi connectivity index (χ2v) is 8.48. The third kappa shape index (κ3) is 5.25. The van der Waals surface area contributed by atoms with Crippen LogP contribution in [0.4, 0.5) is 0 Å². The molecule has 2 heterocycles. The van der Waals surface area contributed by atoms with E-state index < -0.39 is 23.3 Å². The SMILES string of the molecule is N=C(N)c1ccc(OCCCCC(CC(=O)O)(c2cccs2)N2CCNC(=O)C2=O)cc1. The standard InChI is InChI=1S/C22H26N4O5S/c23-19(24)15-5-7-16(8-6-15)31-12-2-1-9-22(14-18(27)28,17-4-3-13-32-17)26-11-10-25-20(29)21(26)30/h3-8,13H,1-2,9-12,14H2,(H3,23,24)(H,25,29)(H,27,28). The molecular weight excluding hydrogens is 432 g/mol. The molecule has 0 saturated carbocycles. The Morgan fingerprint density at radius 2 is 2.00 bits per heavy atom. The van der Waals surface area contributed by atoms with Crippen molar-refractivity contribution in [2.24, 2.45) is 5.73 Å². The van der Waals surface area contributed by atoms with Crippen LogP contribution in [-0.4, -0.2) is 53.3 Å². The summed E-state index contributed by atoms with van der Waals surface area (Å²) in [6, 6.07) is 10.5. The number of unbranched alkanes of at least 4 members (excludes halogenated alkanes) is 1. The van der Waals surface area contributed by atoms with E-state index >= 15 is 0 Å². The Bertz CT molecular complexity index is 977. The molecule has 5 N–H and O–H groups in total. The fourth-order valence-electron chi connectivity index (χ4n) is 3.89. The number of carboxylic acids is 1. The molecule has 1 aliphatic heterocycles. The highest BCUT2D eigenvalue weighted by Crippen LogP contribution is 2.40. The number of carbonyl (C=O) groups excluding carboxylic acids is 2. The number of aliphatic carboxylic acids is 1. The molecule has 0 spiro atoms. The van der Waals surface area contributed by atoms with Crippen molar-refractivity contribution in [3.63, 3.8) is 0 Å². The third-order valence-corrected chi connectivity index (χ3v) is 6.48. The predicted octanol–water partition coefficient (Wildman–Crippen LogP) is 1.91. The Kier molecular flexibility index (Phi) is 7.47. The molecule has 0 aliphatic carbocycles. The summed E-state index contributed by atoms with van der Waals surface area (Å²) in [7, 11) is 0. The molecule has 1 unspecified atom stereocenters. The van der Waals surface area contributed by atoms with Crippen LogP contribution in [0.2, 0.25) is 0 Å². The molecule has 1 aromatic heterocycles. The molecule has 3 rings (SSSR count). The van der Waals surface area contributed by atoms with Crippen LogP contribution in [0, 0.1) is 5.41 Å². The summed E-state index contributed by atoms with van der Waals surface area (Å²) in [4.78, 5) is 38.7. The van der Waals surface area contributed by atoms with E-state index in [-0.39, 0.29) is 25.3 Å². The number of amides is 2. The lowest BCUT2D eigenvalue weighted by Gasteiger charge is -2.44. The Morgan fingerprint density at radius 1 is 1.25 bits per heavy atom. The highest BCUT2D eigenvalue weighted by molar-refractivity contribution is 7.10. The fraction of sp³-hybridized carbons (Fsp3) is 0.364. The maximum atomic E-state index is 12.7. The number of rotatable bonds is 11. The average molecular weight is 459 g/mol. The van der Waals surface area contributed by atoms with Crippen molar-refractivity contribution in [3.8, 4) is 5.75 Å². The van der Waals surface area contributed by atoms with E-state index in [9.17, 15) is 19.5 Å². The number of hydrogen-bond acceptors (Lipinski definition) is 6. The monoisotopic (exact) mass is 458 g/mol. The fourth-order valence-corrected chi connectivity index (χ4v) is 4.85. The number of thiophene rings is 1. The van der Waals surface area contributed by atoms with Gasteiger partial charge in [0, 0.05) is 23.5 Å². The van der Waals surface area contributed by atoms with Gasteiger partial charge in [0.25, 0.3) is 0 Å². The van der Waals surface area contributed by atoms with E-state index in [0.29, 0.717) is 37.2 Å². The zero-order valence-electron chi connectivity index (χ0n) is 17.5. The number of carboxylic acid groups (broad SMARTS) is 1. The number of carbonyl (C=O) groups is 3. The molecule has 9 nitrogen and oxygen atoms in total. The van der Waals surface area contributed by atoms with Gasteiger partial charge in [0.2, 0.25) is 0 Å². The second-order valence-electron chi connectivity index (χ2n) is 7.54. The van der Waals surface area contributed by atoms with Crippen LogP contribution in [0.3, 0.4) is 0 Å². The molecule has 1 fully saturated rings. The van der Waals surface area contributed by atoms with E-state index in [1.807, 2.05) is 17.5 Å². The summed E-state index contributed by atoms with van der Waals surface area (Å²) in [6.07, 6.45) is 1.35. The van der Waals surface area contributed by atoms with Gasteiger partial charge < -0.3 is 25.8 Å². The molecule has 0 bridgehead atoms. The second kappa shape index (κ2) is 10.3. The minimum absolute atomic E-state index is 0.0131. The Morgan fingerprint density at radius 3 is 2.62 bits per heavy atom. The zero-order chi connectivity index (χ0) is 23.1. The number of nitrogen functional groups attached to an aromatic ring is 1. The highest BCUT2D eigenvalue weighted by Gasteiger charge is 2.46. The van der Waals surface area contributed by atoms with Gasteiger partial charge in [-0.05, 0) is 55.0 Å². The number of amidine groups is 1. The number of benzene rings is 1. The van der Waals surface area contributed by atoms with Crippen molar-refractivity contribution in [2.45, 2.75) is 31.2 Å². The zero-order valence-corrected chi connectivity index (χ0v) is 18.3. The van der Waals surface area contributed by atoms with Gasteiger partial charge in [-0.1, -0.05) is 6.07 Å². The van der Waals surface area contributed by atoms with Crippen molar-refractivity contribution < 1.29 is 24.2 Å². The molecule has 2 aromatic rings. The lowest BCUT2D eigenvalue weighted by molar-refractivity contribution is -0.156. The van der Waals surface area contributed by atoms with Crippen LogP contribution >= 0.6 is 11.3 Å². The summed E-state index contributed by atoms with van der Waals surface area (Å²) < 4.78 is 5.74. The number of nitrogens with two attached hydrogens (primary N) is 1. The van der Waals surface area contributed by atoms with Crippen molar-refractivity contribution >= 4 is 35.0 Å². The first-order valence-corrected chi connectivity index (χ1v) is 11.1. The third-order valence-electron chi connectivity index (χ3n) is 5.42. The van der Waals surface area contributed by atoms with Gasteiger partial charge in [-0.15, -0.1) is 11.3 Å². The molecule has 1 aromatic carbocycles. The summed E-state index contributed by atoms with van der Waals surface area (Å²) in [5, 5.41) is 21.4. The molecule has 2 amide bonds. The summed E-state index contributed by atoms with van der Waals surface area (Å²) in [5.74, 6) is -1.81. The lowest BCUT2D eigenvalue weighted by Crippen LogP contribution is -2.60. The smallest absolute Gasteiger partial charge is 0.312 e. The highest BCUT2D eigenvalue weighted by atomic mass is 32.1. The van der Waals surface area contributed by atoms with Gasteiger partial charge in [-0.2, -0.15) is 0 Å². The number of nitrogens with zero attached hydrogens (tertiary/aromatic N) is 1. The van der Waals surface area contributed by atoms with Gasteiger partial charge in [0.1, 0.15) is 11.6 Å². The van der Waals surface area contributed by atoms with Gasteiger partial charge in [-0.25, -0.2) is 0 Å². The predicted molar refractivity (Wildman–Crippen MR) is 120 cm³/mol. The largest absolute Gasteiger partial charge is 0.494 e. The molecule has 0 radical (unpaired) electrons. The Hall–Kier alpha value is -3.40. The molecule has 1 aliphatic rings. The Labute approximate surface area is 189 Å². The summed E-state index contributed by atoms with van der Waals surface area (Å²) in [6.45, 7) is 0.951. The maximum absolute atomic E-state index is 12.7. The topological polar surface area (TPSA) is 146 Å². The van der Waals surface area contributed by atoms with Crippen molar-refractivity contribution in [2.75, 3.05) is 19.7 Å². The maximum Gasteiger partial charge on any atom is 0.312 e. The lowest BCUT2D eigenvalue weighted by atomic mass is 9.84. The van der Waals surface area contributed by atoms with E-state index in [4.69, 9.17) is 15.9 Å². The molecule has 1 atom stereocenters. The first-order chi connectivity index (χ1) is 15.3. The van der Waals surface area contributed by atoms with Crippen LogP contribution in [-0.2, 0) is 19.9 Å². The summed E-state index contributed by atoms with van der Waals surface area (Å²) in [5.41, 5.74) is 4.97. The van der Waals surface area contributed by atoms with Gasteiger partial charge in [-0.3, -0.25) is 19.8 Å². The minimum atomic E-state index is -1.09. The van der Waals surface area contributed by atoms with Crippen LogP contribution < -0.4 is 15.8 Å². The van der Waals surface area contributed by atoms with Gasteiger partial charge in [0.15, 0.2) is 0 Å². The number of hydrogen-bond donors (Lipinski definition) is 4. The minimum Gasteiger partial charge on any atom is -0.494 e. The van der Waals surface area contributed by atoms with Crippen LogP contribution in [0.15, 0.2) is 41.8 Å². The van der Waals surface area contributed by atoms with E-state index in [0.717, 1.165) is 4.88 Å². The normalized spacial score (nSPS) is 15.7. The van der Waals surface area contributed by atoms with E-state index in [1.54, 1.807) is 24.3 Å². The number of piperazine rings is 1. The number of ether oxygens (including phenoxy) is 1. The van der Waals surface area contributed by atoms with Crippen LogP contribution in [0.5, 0.6) is 5.75 Å². The molecular formula is C22H26N4O5S. The first-order valence-electron chi connectivity index (χ1n) is 10.3. The first kappa shape index (κ1) is 23.3. The number of nitrogens with one attached hydrogen (secondary N) is 2. The Balaban J connectivity index is 1.70. The summed E-state index contributed by atoms with van der Waals surface area (Å²) >= 11 is 1.39. The molecule has 1 saturated heterocycles. The van der Waals surface area contributed by atoms with Gasteiger partial charge >= 0.3 is 17.8 Å². The van der Waals surface area contributed by atoms with E-state index in [1.165, 1.54) is 16.2 Å².